The third-order valence-electron chi connectivity index (χ3n) is 4.89. The lowest BCUT2D eigenvalue weighted by Crippen LogP contribution is -2.29. The summed E-state index contributed by atoms with van der Waals surface area (Å²) in [5, 5.41) is 0. The number of hydrogen-bond donors (Lipinski definition) is 1. The van der Waals surface area contributed by atoms with Crippen molar-refractivity contribution in [2.45, 2.75) is 5.92 Å². The maximum Gasteiger partial charge on any atom is 0.254 e. The summed E-state index contributed by atoms with van der Waals surface area (Å²) in [6.45, 7) is 1.91. The fourth-order valence-corrected chi connectivity index (χ4v) is 3.51. The highest BCUT2D eigenvalue weighted by atomic mass is 35.5. The van der Waals surface area contributed by atoms with Gasteiger partial charge >= 0.3 is 0 Å². The van der Waals surface area contributed by atoms with Gasteiger partial charge in [-0.1, -0.05) is 30.3 Å². The molecular weight excluding hydrogens is 352 g/mol. The molecule has 0 radical (unpaired) electrons. The maximum atomic E-state index is 12.9. The van der Waals surface area contributed by atoms with Gasteiger partial charge in [0.1, 0.15) is 0 Å². The molecule has 0 bridgehead atoms. The first-order chi connectivity index (χ1) is 12.2. The van der Waals surface area contributed by atoms with Gasteiger partial charge in [-0.05, 0) is 36.2 Å². The smallest absolute Gasteiger partial charge is 0.254 e. The molecule has 2 atom stereocenters. The molecule has 1 heterocycles. The molecule has 6 heteroatoms. The van der Waals surface area contributed by atoms with Crippen LogP contribution in [0.2, 0.25) is 0 Å². The van der Waals surface area contributed by atoms with Crippen molar-refractivity contribution in [1.29, 1.82) is 0 Å². The average Bonchev–Trinajstić information content (AvgIpc) is 3.12. The molecule has 1 amide bonds. The number of hydrogen-bond acceptors (Lipinski definition) is 4. The quantitative estimate of drug-likeness (QED) is 0.871. The van der Waals surface area contributed by atoms with Gasteiger partial charge < -0.3 is 20.1 Å². The highest BCUT2D eigenvalue weighted by molar-refractivity contribution is 5.95. The molecule has 0 saturated carbocycles. The van der Waals surface area contributed by atoms with Gasteiger partial charge in [0.05, 0.1) is 14.2 Å². The summed E-state index contributed by atoms with van der Waals surface area (Å²) in [4.78, 5) is 14.8. The van der Waals surface area contributed by atoms with E-state index in [4.69, 9.17) is 15.2 Å². The summed E-state index contributed by atoms with van der Waals surface area (Å²) < 4.78 is 10.5. The van der Waals surface area contributed by atoms with Crippen molar-refractivity contribution in [2.24, 2.45) is 11.7 Å². The number of benzene rings is 2. The Labute approximate surface area is 160 Å². The van der Waals surface area contributed by atoms with Crippen molar-refractivity contribution >= 4 is 18.3 Å². The lowest BCUT2D eigenvalue weighted by atomic mass is 9.89. The van der Waals surface area contributed by atoms with E-state index >= 15 is 0 Å². The van der Waals surface area contributed by atoms with E-state index in [1.54, 1.807) is 32.4 Å². The molecule has 0 aliphatic carbocycles. The Bertz CT molecular complexity index is 739. The first-order valence-electron chi connectivity index (χ1n) is 8.44. The Balaban J connectivity index is 0.00000243. The summed E-state index contributed by atoms with van der Waals surface area (Å²) in [5.74, 6) is 1.71. The van der Waals surface area contributed by atoms with Crippen LogP contribution >= 0.6 is 12.4 Å². The molecule has 2 aromatic carbocycles. The number of amides is 1. The second-order valence-corrected chi connectivity index (χ2v) is 6.29. The first-order valence-corrected chi connectivity index (χ1v) is 8.44. The summed E-state index contributed by atoms with van der Waals surface area (Å²) in [7, 11) is 3.15. The van der Waals surface area contributed by atoms with Gasteiger partial charge in [-0.2, -0.15) is 0 Å². The van der Waals surface area contributed by atoms with Crippen LogP contribution in [-0.4, -0.2) is 44.7 Å². The van der Waals surface area contributed by atoms with Gasteiger partial charge in [-0.15, -0.1) is 12.4 Å². The molecular formula is C20H25ClN2O3. The van der Waals surface area contributed by atoms with E-state index in [0.717, 1.165) is 0 Å². The van der Waals surface area contributed by atoms with E-state index < -0.39 is 0 Å². The zero-order chi connectivity index (χ0) is 17.8. The van der Waals surface area contributed by atoms with Crippen molar-refractivity contribution in [1.82, 2.24) is 4.90 Å². The fourth-order valence-electron chi connectivity index (χ4n) is 3.51. The zero-order valence-electron chi connectivity index (χ0n) is 15.1. The Morgan fingerprint density at radius 2 is 1.77 bits per heavy atom. The lowest BCUT2D eigenvalue weighted by molar-refractivity contribution is 0.0786. The van der Waals surface area contributed by atoms with Crippen LogP contribution in [0.15, 0.2) is 48.5 Å². The Morgan fingerprint density at radius 1 is 1.08 bits per heavy atom. The van der Waals surface area contributed by atoms with E-state index in [2.05, 4.69) is 12.1 Å². The molecule has 1 aliphatic heterocycles. The van der Waals surface area contributed by atoms with E-state index in [1.165, 1.54) is 5.56 Å². The molecule has 1 aliphatic rings. The lowest BCUT2D eigenvalue weighted by Gasteiger charge is -2.18. The Hall–Kier alpha value is -2.24. The number of nitrogens with two attached hydrogens (primary N) is 1. The van der Waals surface area contributed by atoms with Gasteiger partial charge in [-0.25, -0.2) is 0 Å². The number of carbonyl (C=O) groups is 1. The highest BCUT2D eigenvalue weighted by Gasteiger charge is 2.35. The normalized spacial score (nSPS) is 19.0. The fraction of sp³-hybridized carbons (Fsp3) is 0.350. The molecule has 2 N–H and O–H groups in total. The number of rotatable bonds is 5. The van der Waals surface area contributed by atoms with Crippen LogP contribution in [0, 0.1) is 5.92 Å². The summed E-state index contributed by atoms with van der Waals surface area (Å²) in [6, 6.07) is 15.5. The number of halogens is 1. The standard InChI is InChI=1S/C20H24N2O3.ClH/c1-24-18-9-8-15(10-19(18)25-2)20(23)22-12-16(11-21)17(13-22)14-6-4-3-5-7-14;/h3-10,16-17H,11-13,21H2,1-2H3;1H/t16-,17+;/m1./s1. The van der Waals surface area contributed by atoms with E-state index in [1.807, 2.05) is 23.1 Å². The maximum absolute atomic E-state index is 12.9. The number of methoxy groups -OCH3 is 2. The van der Waals surface area contributed by atoms with E-state index in [0.29, 0.717) is 36.7 Å². The van der Waals surface area contributed by atoms with Gasteiger partial charge in [0.25, 0.3) is 5.91 Å². The zero-order valence-corrected chi connectivity index (χ0v) is 15.9. The van der Waals surface area contributed by atoms with Gasteiger partial charge in [0.2, 0.25) is 0 Å². The molecule has 5 nitrogen and oxygen atoms in total. The SMILES string of the molecule is COc1ccc(C(=O)N2C[C@@H](CN)[C@H](c3ccccc3)C2)cc1OC.Cl. The molecule has 2 aromatic rings. The first kappa shape index (κ1) is 20.1. The van der Waals surface area contributed by atoms with Crippen molar-refractivity contribution in [3.63, 3.8) is 0 Å². The van der Waals surface area contributed by atoms with Crippen LogP contribution in [0.4, 0.5) is 0 Å². The topological polar surface area (TPSA) is 64.8 Å². The van der Waals surface area contributed by atoms with Crippen molar-refractivity contribution in [3.8, 4) is 11.5 Å². The number of ether oxygens (including phenoxy) is 2. The minimum absolute atomic E-state index is 0. The second kappa shape index (κ2) is 8.92. The third-order valence-corrected chi connectivity index (χ3v) is 4.89. The molecule has 1 saturated heterocycles. The summed E-state index contributed by atoms with van der Waals surface area (Å²) in [6.07, 6.45) is 0. The third kappa shape index (κ3) is 3.94. The van der Waals surface area contributed by atoms with E-state index in [9.17, 15) is 4.79 Å². The van der Waals surface area contributed by atoms with Gasteiger partial charge in [0, 0.05) is 24.6 Å². The van der Waals surface area contributed by atoms with Crippen LogP contribution in [0.3, 0.4) is 0 Å². The molecule has 3 rings (SSSR count). The van der Waals surface area contributed by atoms with Gasteiger partial charge in [0.15, 0.2) is 11.5 Å². The van der Waals surface area contributed by atoms with Crippen LogP contribution in [-0.2, 0) is 0 Å². The van der Waals surface area contributed by atoms with Crippen molar-refractivity contribution in [3.05, 3.63) is 59.7 Å². The minimum Gasteiger partial charge on any atom is -0.493 e. The van der Waals surface area contributed by atoms with Crippen LogP contribution in [0.25, 0.3) is 0 Å². The van der Waals surface area contributed by atoms with Gasteiger partial charge in [-0.3, -0.25) is 4.79 Å². The molecule has 26 heavy (non-hydrogen) atoms. The summed E-state index contributed by atoms with van der Waals surface area (Å²) >= 11 is 0. The monoisotopic (exact) mass is 376 g/mol. The minimum atomic E-state index is -0.00201. The number of nitrogens with zero attached hydrogens (tertiary/aromatic N) is 1. The predicted molar refractivity (Wildman–Crippen MR) is 104 cm³/mol. The largest absolute Gasteiger partial charge is 0.493 e. The Morgan fingerprint density at radius 3 is 2.38 bits per heavy atom. The molecule has 1 fully saturated rings. The molecule has 0 aromatic heterocycles. The predicted octanol–water partition coefficient (Wildman–Crippen LogP) is 2.94. The van der Waals surface area contributed by atoms with E-state index in [-0.39, 0.29) is 30.2 Å². The van der Waals surface area contributed by atoms with Crippen LogP contribution in [0.1, 0.15) is 21.8 Å². The van der Waals surface area contributed by atoms with Crippen molar-refractivity contribution in [2.75, 3.05) is 33.9 Å². The summed E-state index contributed by atoms with van der Waals surface area (Å²) in [5.41, 5.74) is 7.81. The molecule has 140 valence electrons. The average molecular weight is 377 g/mol. The molecule has 0 spiro atoms. The number of likely N-dealkylation sites (tertiary alicyclic amines) is 1. The van der Waals surface area contributed by atoms with Crippen LogP contribution in [0.5, 0.6) is 11.5 Å². The highest BCUT2D eigenvalue weighted by Crippen LogP contribution is 2.34. The second-order valence-electron chi connectivity index (χ2n) is 6.29. The number of carbonyl (C=O) groups excluding carboxylic acids is 1. The van der Waals surface area contributed by atoms with Crippen molar-refractivity contribution < 1.29 is 14.3 Å². The molecule has 0 unspecified atom stereocenters. The van der Waals surface area contributed by atoms with Crippen LogP contribution < -0.4 is 15.2 Å². The Kier molecular flexibility index (Phi) is 6.89.